The summed E-state index contributed by atoms with van der Waals surface area (Å²) in [5, 5.41) is 21.3. The highest BCUT2D eigenvalue weighted by atomic mass is 35.5. The molecular weight excluding hydrogens is 254 g/mol. The molecule has 3 rings (SSSR count). The molecule has 0 aliphatic heterocycles. The molecule has 0 bridgehead atoms. The Bertz CT molecular complexity index is 708. The Morgan fingerprint density at radius 3 is 2.59 bits per heavy atom. The second-order valence-corrected chi connectivity index (χ2v) is 5.27. The Balaban J connectivity index is 2.52. The summed E-state index contributed by atoms with van der Waals surface area (Å²) < 4.78 is 1.94. The average molecular weight is 263 g/mol. The van der Waals surface area contributed by atoms with Crippen molar-refractivity contribution >= 4 is 55.7 Å². The zero-order chi connectivity index (χ0) is 12.0. The minimum atomic E-state index is -1.45. The number of fused-ring (bicyclic) bond motifs is 3. The van der Waals surface area contributed by atoms with E-state index in [0.717, 1.165) is 20.2 Å². The van der Waals surface area contributed by atoms with E-state index in [1.807, 2.05) is 30.3 Å². The number of hydrogen-bond donors (Lipinski definition) is 2. The van der Waals surface area contributed by atoms with Gasteiger partial charge in [-0.15, -0.1) is 11.3 Å². The molecule has 0 fully saturated rings. The summed E-state index contributed by atoms with van der Waals surface area (Å²) in [7, 11) is -1.45. The average Bonchev–Trinajstić information content (AvgIpc) is 2.67. The smallest absolute Gasteiger partial charge is 0.423 e. The molecule has 17 heavy (non-hydrogen) atoms. The molecule has 0 spiro atoms. The highest BCUT2D eigenvalue weighted by Gasteiger charge is 2.18. The topological polar surface area (TPSA) is 40.5 Å². The molecule has 0 amide bonds. The molecule has 0 aliphatic rings. The predicted molar refractivity (Wildman–Crippen MR) is 74.2 cm³/mol. The summed E-state index contributed by atoms with van der Waals surface area (Å²) in [5.74, 6) is 0. The van der Waals surface area contributed by atoms with E-state index in [0.29, 0.717) is 10.5 Å². The molecule has 2 N–H and O–H groups in total. The Morgan fingerprint density at radius 1 is 1.06 bits per heavy atom. The molecule has 0 unspecified atom stereocenters. The molecule has 2 nitrogen and oxygen atoms in total. The highest BCUT2D eigenvalue weighted by molar-refractivity contribution is 7.27. The summed E-state index contributed by atoms with van der Waals surface area (Å²) in [6, 6.07) is 11.2. The van der Waals surface area contributed by atoms with Crippen LogP contribution in [0.3, 0.4) is 0 Å². The maximum absolute atomic E-state index is 9.35. The van der Waals surface area contributed by atoms with Crippen LogP contribution in [-0.2, 0) is 0 Å². The zero-order valence-corrected chi connectivity index (χ0v) is 10.3. The third-order valence-electron chi connectivity index (χ3n) is 2.78. The summed E-state index contributed by atoms with van der Waals surface area (Å²) in [6.07, 6.45) is 0. The molecule has 2 aromatic carbocycles. The minimum absolute atomic E-state index is 0.528. The third kappa shape index (κ3) is 1.65. The number of rotatable bonds is 1. The largest absolute Gasteiger partial charge is 0.489 e. The SMILES string of the molecule is OB(O)c1cccc2c1sc1cccc(Cl)c12. The molecule has 1 aromatic heterocycles. The van der Waals surface area contributed by atoms with E-state index < -0.39 is 7.12 Å². The van der Waals surface area contributed by atoms with E-state index in [-0.39, 0.29) is 0 Å². The van der Waals surface area contributed by atoms with Crippen molar-refractivity contribution in [3.8, 4) is 0 Å². The first-order valence-corrected chi connectivity index (χ1v) is 6.33. The fourth-order valence-electron chi connectivity index (χ4n) is 2.03. The van der Waals surface area contributed by atoms with Crippen molar-refractivity contribution in [1.29, 1.82) is 0 Å². The van der Waals surface area contributed by atoms with E-state index in [4.69, 9.17) is 11.6 Å². The fraction of sp³-hybridized carbons (Fsp3) is 0. The van der Waals surface area contributed by atoms with Crippen molar-refractivity contribution in [3.63, 3.8) is 0 Å². The lowest BCUT2D eigenvalue weighted by molar-refractivity contribution is 0.426. The summed E-state index contributed by atoms with van der Waals surface area (Å²) >= 11 is 7.72. The standard InChI is InChI=1S/C12H8BClO2S/c14-9-5-2-6-10-11(9)7-3-1-4-8(13(15)16)12(7)17-10/h1-6,15-16H. The van der Waals surface area contributed by atoms with Crippen LogP contribution in [0.4, 0.5) is 0 Å². The van der Waals surface area contributed by atoms with Crippen molar-refractivity contribution in [3.05, 3.63) is 41.4 Å². The van der Waals surface area contributed by atoms with Crippen molar-refractivity contribution in [2.75, 3.05) is 0 Å². The molecule has 0 atom stereocenters. The molecule has 84 valence electrons. The lowest BCUT2D eigenvalue weighted by Gasteiger charge is -2.00. The van der Waals surface area contributed by atoms with Gasteiger partial charge in [-0.2, -0.15) is 0 Å². The second-order valence-electron chi connectivity index (χ2n) is 3.81. The van der Waals surface area contributed by atoms with Crippen LogP contribution in [-0.4, -0.2) is 17.2 Å². The van der Waals surface area contributed by atoms with Gasteiger partial charge >= 0.3 is 7.12 Å². The first-order chi connectivity index (χ1) is 8.18. The van der Waals surface area contributed by atoms with E-state index in [2.05, 4.69) is 0 Å². The molecule has 0 radical (unpaired) electrons. The Kier molecular flexibility index (Phi) is 2.60. The number of benzene rings is 2. The van der Waals surface area contributed by atoms with Gasteiger partial charge in [-0.05, 0) is 17.6 Å². The lowest BCUT2D eigenvalue weighted by atomic mass is 9.80. The van der Waals surface area contributed by atoms with Gasteiger partial charge in [-0.25, -0.2) is 0 Å². The van der Waals surface area contributed by atoms with Gasteiger partial charge in [-0.3, -0.25) is 0 Å². The predicted octanol–water partition coefficient (Wildman–Crippen LogP) is 2.39. The molecular formula is C12H8BClO2S. The van der Waals surface area contributed by atoms with Gasteiger partial charge in [0.05, 0.1) is 0 Å². The monoisotopic (exact) mass is 262 g/mol. The van der Waals surface area contributed by atoms with Gasteiger partial charge < -0.3 is 10.0 Å². The lowest BCUT2D eigenvalue weighted by Crippen LogP contribution is -2.29. The molecule has 3 aromatic rings. The molecule has 1 heterocycles. The van der Waals surface area contributed by atoms with Crippen LogP contribution in [0, 0.1) is 0 Å². The van der Waals surface area contributed by atoms with Crippen LogP contribution < -0.4 is 5.46 Å². The number of thiophene rings is 1. The van der Waals surface area contributed by atoms with Gasteiger partial charge in [0.1, 0.15) is 0 Å². The van der Waals surface area contributed by atoms with Crippen LogP contribution in [0.15, 0.2) is 36.4 Å². The maximum atomic E-state index is 9.35. The van der Waals surface area contributed by atoms with E-state index >= 15 is 0 Å². The van der Waals surface area contributed by atoms with Crippen molar-refractivity contribution in [1.82, 2.24) is 0 Å². The number of hydrogen-bond acceptors (Lipinski definition) is 3. The second kappa shape index (κ2) is 4.00. The van der Waals surface area contributed by atoms with Crippen molar-refractivity contribution in [2.45, 2.75) is 0 Å². The molecule has 0 saturated carbocycles. The van der Waals surface area contributed by atoms with Crippen molar-refractivity contribution < 1.29 is 10.0 Å². The van der Waals surface area contributed by atoms with Crippen LogP contribution in [0.2, 0.25) is 5.02 Å². The Labute approximate surface area is 107 Å². The van der Waals surface area contributed by atoms with Gasteiger partial charge in [0.2, 0.25) is 0 Å². The minimum Gasteiger partial charge on any atom is -0.423 e. The maximum Gasteiger partial charge on any atom is 0.489 e. The Hall–Kier alpha value is -1.07. The molecule has 5 heteroatoms. The van der Waals surface area contributed by atoms with Gasteiger partial charge in [0.25, 0.3) is 0 Å². The van der Waals surface area contributed by atoms with E-state index in [1.54, 1.807) is 6.07 Å². The Morgan fingerprint density at radius 2 is 1.82 bits per heavy atom. The molecule has 0 saturated heterocycles. The third-order valence-corrected chi connectivity index (χ3v) is 4.32. The van der Waals surface area contributed by atoms with E-state index in [1.165, 1.54) is 11.3 Å². The van der Waals surface area contributed by atoms with Crippen LogP contribution in [0.1, 0.15) is 0 Å². The van der Waals surface area contributed by atoms with Gasteiger partial charge in [0, 0.05) is 25.2 Å². The first kappa shape index (κ1) is 11.0. The number of halogens is 1. The van der Waals surface area contributed by atoms with Gasteiger partial charge in [-0.1, -0.05) is 35.9 Å². The summed E-state index contributed by atoms with van der Waals surface area (Å²) in [5.41, 5.74) is 0.528. The van der Waals surface area contributed by atoms with Crippen molar-refractivity contribution in [2.24, 2.45) is 0 Å². The first-order valence-electron chi connectivity index (χ1n) is 5.14. The summed E-state index contributed by atoms with van der Waals surface area (Å²) in [6.45, 7) is 0. The normalized spacial score (nSPS) is 11.2. The fourth-order valence-corrected chi connectivity index (χ4v) is 3.62. The molecule has 0 aliphatic carbocycles. The highest BCUT2D eigenvalue weighted by Crippen LogP contribution is 2.36. The van der Waals surface area contributed by atoms with Gasteiger partial charge in [0.15, 0.2) is 0 Å². The summed E-state index contributed by atoms with van der Waals surface area (Å²) in [4.78, 5) is 0. The van der Waals surface area contributed by atoms with Crippen LogP contribution >= 0.6 is 22.9 Å². The van der Waals surface area contributed by atoms with Crippen LogP contribution in [0.5, 0.6) is 0 Å². The van der Waals surface area contributed by atoms with E-state index in [9.17, 15) is 10.0 Å². The zero-order valence-electron chi connectivity index (χ0n) is 8.72. The quantitative estimate of drug-likeness (QED) is 0.661. The van der Waals surface area contributed by atoms with Crippen LogP contribution in [0.25, 0.3) is 20.2 Å².